The molecule has 0 aliphatic rings. The van der Waals surface area contributed by atoms with Gasteiger partial charge >= 0.3 is 0 Å². The third kappa shape index (κ3) is 5.20. The first-order valence-electron chi connectivity index (χ1n) is 5.48. The number of ether oxygens (including phenoxy) is 1. The number of hydrogen-bond acceptors (Lipinski definition) is 5. The normalized spacial score (nSPS) is 11.2. The molecule has 0 atom stereocenters. The lowest BCUT2D eigenvalue weighted by atomic mass is 10.5. The van der Waals surface area contributed by atoms with Gasteiger partial charge in [0.1, 0.15) is 0 Å². The summed E-state index contributed by atoms with van der Waals surface area (Å²) in [6.45, 7) is 3.88. The van der Waals surface area contributed by atoms with Crippen molar-refractivity contribution in [1.29, 1.82) is 0 Å². The van der Waals surface area contributed by atoms with E-state index in [1.54, 1.807) is 0 Å². The van der Waals surface area contributed by atoms with Crippen molar-refractivity contribution in [3.8, 4) is 0 Å². The Hall–Kier alpha value is -0.980. The van der Waals surface area contributed by atoms with Gasteiger partial charge in [0.25, 0.3) is 0 Å². The largest absolute Gasteiger partial charge is 0.378 e. The highest BCUT2D eigenvalue weighted by Crippen LogP contribution is 1.92. The van der Waals surface area contributed by atoms with Gasteiger partial charge in [-0.15, -0.1) is 5.10 Å². The van der Waals surface area contributed by atoms with E-state index >= 15 is 0 Å². The Bertz CT molecular complexity index is 286. The summed E-state index contributed by atoms with van der Waals surface area (Å²) < 4.78 is 7.28. The molecular formula is C10H21N5O. The van der Waals surface area contributed by atoms with Gasteiger partial charge in [0.2, 0.25) is 0 Å². The molecule has 1 aromatic heterocycles. The van der Waals surface area contributed by atoms with Gasteiger partial charge in [-0.3, -0.25) is 0 Å². The zero-order chi connectivity index (χ0) is 11.8. The van der Waals surface area contributed by atoms with Gasteiger partial charge in [0.05, 0.1) is 25.5 Å². The highest BCUT2D eigenvalue weighted by atomic mass is 16.5. The van der Waals surface area contributed by atoms with E-state index in [1.807, 2.05) is 32.0 Å². The first-order chi connectivity index (χ1) is 7.72. The predicted octanol–water partition coefficient (Wildman–Crippen LogP) is -0.424. The number of nitrogens with one attached hydrogen (secondary N) is 1. The van der Waals surface area contributed by atoms with Crippen molar-refractivity contribution in [2.45, 2.75) is 13.1 Å². The smallest absolute Gasteiger partial charge is 0.0964 e. The van der Waals surface area contributed by atoms with Crippen LogP contribution >= 0.6 is 0 Å². The zero-order valence-electron chi connectivity index (χ0n) is 10.3. The molecule has 92 valence electrons. The minimum Gasteiger partial charge on any atom is -0.378 e. The summed E-state index contributed by atoms with van der Waals surface area (Å²) in [5.41, 5.74) is 0.954. The lowest BCUT2D eigenvalue weighted by Gasteiger charge is -2.09. The van der Waals surface area contributed by atoms with Crippen LogP contribution in [0.3, 0.4) is 0 Å². The lowest BCUT2D eigenvalue weighted by molar-refractivity contribution is 0.108. The van der Waals surface area contributed by atoms with Crippen LogP contribution in [0.5, 0.6) is 0 Å². The van der Waals surface area contributed by atoms with E-state index in [9.17, 15) is 0 Å². The molecule has 16 heavy (non-hydrogen) atoms. The second-order valence-electron chi connectivity index (χ2n) is 3.92. The third-order valence-corrected chi connectivity index (χ3v) is 2.09. The number of rotatable bonds is 8. The molecule has 1 rings (SSSR count). The molecular weight excluding hydrogens is 206 g/mol. The first-order valence-corrected chi connectivity index (χ1v) is 5.48. The minimum atomic E-state index is 0.677. The molecule has 0 bridgehead atoms. The molecule has 0 radical (unpaired) electrons. The zero-order valence-corrected chi connectivity index (χ0v) is 10.3. The van der Waals surface area contributed by atoms with Gasteiger partial charge in [0, 0.05) is 19.3 Å². The second-order valence-corrected chi connectivity index (χ2v) is 3.92. The molecule has 0 saturated heterocycles. The van der Waals surface area contributed by atoms with Gasteiger partial charge in [-0.25, -0.2) is 4.68 Å². The number of likely N-dealkylation sites (N-methyl/N-ethyl adjacent to an activating group) is 1. The van der Waals surface area contributed by atoms with Crippen LogP contribution in [0.4, 0.5) is 0 Å². The Morgan fingerprint density at radius 3 is 2.94 bits per heavy atom. The monoisotopic (exact) mass is 227 g/mol. The summed E-state index contributed by atoms with van der Waals surface area (Å²) in [6, 6.07) is 0. The van der Waals surface area contributed by atoms with E-state index in [2.05, 4.69) is 20.5 Å². The Labute approximate surface area is 96.6 Å². The summed E-state index contributed by atoms with van der Waals surface area (Å²) in [5, 5.41) is 11.1. The quantitative estimate of drug-likeness (QED) is 0.611. The van der Waals surface area contributed by atoms with Gasteiger partial charge in [0.15, 0.2) is 0 Å². The molecule has 6 heteroatoms. The maximum absolute atomic E-state index is 5.47. The summed E-state index contributed by atoms with van der Waals surface area (Å²) in [6.07, 6.45) is 1.94. The topological polar surface area (TPSA) is 55.2 Å². The molecule has 0 amide bonds. The fraction of sp³-hybridized carbons (Fsp3) is 0.800. The molecule has 0 spiro atoms. The highest BCUT2D eigenvalue weighted by molar-refractivity contribution is 4.90. The van der Waals surface area contributed by atoms with E-state index in [0.717, 1.165) is 31.9 Å². The van der Waals surface area contributed by atoms with Crippen molar-refractivity contribution in [1.82, 2.24) is 25.2 Å². The van der Waals surface area contributed by atoms with Crippen LogP contribution in [-0.2, 0) is 17.8 Å². The third-order valence-electron chi connectivity index (χ3n) is 2.09. The maximum atomic E-state index is 5.47. The van der Waals surface area contributed by atoms with E-state index in [4.69, 9.17) is 4.74 Å². The average molecular weight is 227 g/mol. The van der Waals surface area contributed by atoms with E-state index < -0.39 is 0 Å². The molecule has 0 aliphatic carbocycles. The van der Waals surface area contributed by atoms with Crippen LogP contribution in [0.2, 0.25) is 0 Å². The van der Waals surface area contributed by atoms with Crippen molar-refractivity contribution in [2.24, 2.45) is 0 Å². The lowest BCUT2D eigenvalue weighted by Crippen LogP contribution is -2.19. The minimum absolute atomic E-state index is 0.677. The van der Waals surface area contributed by atoms with Crippen molar-refractivity contribution in [2.75, 3.05) is 40.9 Å². The first kappa shape index (κ1) is 13.1. The van der Waals surface area contributed by atoms with Crippen molar-refractivity contribution in [3.05, 3.63) is 11.9 Å². The summed E-state index contributed by atoms with van der Waals surface area (Å²) in [7, 11) is 5.96. The Morgan fingerprint density at radius 2 is 2.25 bits per heavy atom. The summed E-state index contributed by atoms with van der Waals surface area (Å²) >= 11 is 0. The van der Waals surface area contributed by atoms with Crippen LogP contribution in [0, 0.1) is 0 Å². The maximum Gasteiger partial charge on any atom is 0.0964 e. The standard InChI is InChI=1S/C10H21N5O/c1-11-8-10-9-15(13-12-10)5-7-16-6-4-14(2)3/h9,11H,4-8H2,1-3H3. The molecule has 0 fully saturated rings. The van der Waals surface area contributed by atoms with Crippen LogP contribution in [0.25, 0.3) is 0 Å². The van der Waals surface area contributed by atoms with Crippen LogP contribution in [-0.4, -0.2) is 60.8 Å². The number of hydrogen-bond donors (Lipinski definition) is 1. The molecule has 1 heterocycles. The molecule has 0 aliphatic heterocycles. The molecule has 0 unspecified atom stereocenters. The fourth-order valence-electron chi connectivity index (χ4n) is 1.22. The average Bonchev–Trinajstić information content (AvgIpc) is 2.65. The van der Waals surface area contributed by atoms with Crippen LogP contribution in [0.1, 0.15) is 5.69 Å². The number of aromatic nitrogens is 3. The van der Waals surface area contributed by atoms with Gasteiger partial charge in [-0.1, -0.05) is 5.21 Å². The molecule has 6 nitrogen and oxygen atoms in total. The Balaban J connectivity index is 2.12. The van der Waals surface area contributed by atoms with Gasteiger partial charge < -0.3 is 15.0 Å². The Kier molecular flexibility index (Phi) is 5.99. The predicted molar refractivity (Wildman–Crippen MR) is 62.2 cm³/mol. The van der Waals surface area contributed by atoms with E-state index in [-0.39, 0.29) is 0 Å². The van der Waals surface area contributed by atoms with Crippen molar-refractivity contribution < 1.29 is 4.74 Å². The second kappa shape index (κ2) is 7.32. The summed E-state index contributed by atoms with van der Waals surface area (Å²) in [4.78, 5) is 2.10. The van der Waals surface area contributed by atoms with E-state index in [1.165, 1.54) is 0 Å². The fourth-order valence-corrected chi connectivity index (χ4v) is 1.22. The van der Waals surface area contributed by atoms with Crippen molar-refractivity contribution in [3.63, 3.8) is 0 Å². The van der Waals surface area contributed by atoms with Gasteiger partial charge in [-0.05, 0) is 21.1 Å². The van der Waals surface area contributed by atoms with Crippen LogP contribution in [0.15, 0.2) is 6.20 Å². The molecule has 0 aromatic carbocycles. The highest BCUT2D eigenvalue weighted by Gasteiger charge is 1.99. The molecule has 0 saturated carbocycles. The number of nitrogens with zero attached hydrogens (tertiary/aromatic N) is 4. The Morgan fingerprint density at radius 1 is 1.44 bits per heavy atom. The molecule has 1 N–H and O–H groups in total. The van der Waals surface area contributed by atoms with E-state index in [0.29, 0.717) is 6.61 Å². The summed E-state index contributed by atoms with van der Waals surface area (Å²) in [5.74, 6) is 0. The molecule has 1 aromatic rings. The SMILES string of the molecule is CNCc1cn(CCOCCN(C)C)nn1. The van der Waals surface area contributed by atoms with Crippen molar-refractivity contribution >= 4 is 0 Å². The van der Waals surface area contributed by atoms with Crippen LogP contribution < -0.4 is 5.32 Å². The van der Waals surface area contributed by atoms with Gasteiger partial charge in [-0.2, -0.15) is 0 Å².